The summed E-state index contributed by atoms with van der Waals surface area (Å²) in [6.45, 7) is 12.5. The average molecular weight is 576 g/mol. The maximum absolute atomic E-state index is 13.2. The fraction of sp³-hybridized carbons (Fsp3) is 0.538. The molecule has 13 nitrogen and oxygen atoms in total. The smallest absolute Gasteiger partial charge is 0.410 e. The lowest BCUT2D eigenvalue weighted by Crippen LogP contribution is -2.55. The van der Waals surface area contributed by atoms with Gasteiger partial charge in [0.15, 0.2) is 5.65 Å². The van der Waals surface area contributed by atoms with Gasteiger partial charge in [-0.05, 0) is 33.6 Å². The molecule has 1 saturated heterocycles. The summed E-state index contributed by atoms with van der Waals surface area (Å²) in [6, 6.07) is 1.32. The summed E-state index contributed by atoms with van der Waals surface area (Å²) >= 11 is 6.37. The molecule has 0 radical (unpaired) electrons. The summed E-state index contributed by atoms with van der Waals surface area (Å²) in [5.74, 6) is 0.0130. The topological polar surface area (TPSA) is 154 Å². The zero-order valence-electron chi connectivity index (χ0n) is 23.6. The van der Waals surface area contributed by atoms with Crippen LogP contribution in [0.5, 0.6) is 11.8 Å². The molecule has 0 spiro atoms. The molecule has 1 atom stereocenters. The summed E-state index contributed by atoms with van der Waals surface area (Å²) in [7, 11) is 1.46. The summed E-state index contributed by atoms with van der Waals surface area (Å²) in [5.41, 5.74) is -0.673. The van der Waals surface area contributed by atoms with E-state index in [0.29, 0.717) is 36.7 Å². The molecule has 0 aromatic carbocycles. The van der Waals surface area contributed by atoms with E-state index in [1.165, 1.54) is 17.7 Å². The number of H-pyrrole nitrogens is 1. The van der Waals surface area contributed by atoms with Gasteiger partial charge in [0, 0.05) is 25.7 Å². The van der Waals surface area contributed by atoms with E-state index in [2.05, 4.69) is 25.3 Å². The van der Waals surface area contributed by atoms with Crippen molar-refractivity contribution >= 4 is 28.7 Å². The molecule has 1 fully saturated rings. The van der Waals surface area contributed by atoms with Gasteiger partial charge in [0.1, 0.15) is 28.5 Å². The van der Waals surface area contributed by atoms with Crippen molar-refractivity contribution in [2.24, 2.45) is 0 Å². The number of aryl methyl sites for hydroxylation is 1. The lowest BCUT2D eigenvalue weighted by Gasteiger charge is -2.34. The molecule has 216 valence electrons. The number of piperazine rings is 1. The molecule has 1 aliphatic heterocycles. The van der Waals surface area contributed by atoms with Crippen molar-refractivity contribution in [3.05, 3.63) is 43.4 Å². The molecular formula is C26H34ClN7O6. The minimum atomic E-state index is -0.723. The molecule has 0 unspecified atom stereocenters. The van der Waals surface area contributed by atoms with Gasteiger partial charge in [-0.25, -0.2) is 19.1 Å². The first-order valence-corrected chi connectivity index (χ1v) is 13.3. The molecule has 4 heterocycles. The van der Waals surface area contributed by atoms with Gasteiger partial charge in [0.2, 0.25) is 0 Å². The highest BCUT2D eigenvalue weighted by atomic mass is 35.5. The van der Waals surface area contributed by atoms with Gasteiger partial charge in [-0.2, -0.15) is 9.97 Å². The highest BCUT2D eigenvalue weighted by Crippen LogP contribution is 2.30. The number of carbonyl (C=O) groups is 1. The summed E-state index contributed by atoms with van der Waals surface area (Å²) in [4.78, 5) is 55.9. The van der Waals surface area contributed by atoms with E-state index >= 15 is 0 Å². The van der Waals surface area contributed by atoms with E-state index < -0.39 is 22.9 Å². The van der Waals surface area contributed by atoms with Gasteiger partial charge in [-0.15, -0.1) is 0 Å². The molecule has 4 rings (SSSR count). The number of rotatable bonds is 6. The number of carbonyl (C=O) groups excluding carboxylic acids is 1. The zero-order chi connectivity index (χ0) is 29.4. The van der Waals surface area contributed by atoms with Crippen LogP contribution in [-0.2, 0) is 4.74 Å². The van der Waals surface area contributed by atoms with Crippen molar-refractivity contribution in [3.8, 4) is 17.4 Å². The van der Waals surface area contributed by atoms with E-state index in [1.807, 2.05) is 34.6 Å². The van der Waals surface area contributed by atoms with Crippen LogP contribution in [0.15, 0.2) is 15.7 Å². The number of pyridine rings is 1. The number of nitrogens with one attached hydrogen (secondary N) is 2. The van der Waals surface area contributed by atoms with Crippen molar-refractivity contribution in [1.29, 1.82) is 0 Å². The lowest BCUT2D eigenvalue weighted by atomic mass is 10.1. The van der Waals surface area contributed by atoms with Crippen LogP contribution in [0, 0.1) is 6.92 Å². The Morgan fingerprint density at radius 2 is 1.95 bits per heavy atom. The number of aromatic nitrogens is 5. The Morgan fingerprint density at radius 1 is 1.23 bits per heavy atom. The van der Waals surface area contributed by atoms with Gasteiger partial charge in [-0.1, -0.05) is 25.4 Å². The van der Waals surface area contributed by atoms with Crippen LogP contribution in [0.25, 0.3) is 16.7 Å². The third-order valence-electron chi connectivity index (χ3n) is 6.16. The summed E-state index contributed by atoms with van der Waals surface area (Å²) in [5, 5.41) is 3.36. The molecule has 40 heavy (non-hydrogen) atoms. The summed E-state index contributed by atoms with van der Waals surface area (Å²) < 4.78 is 18.0. The Kier molecular flexibility index (Phi) is 8.36. The monoisotopic (exact) mass is 575 g/mol. The maximum atomic E-state index is 13.2. The van der Waals surface area contributed by atoms with Crippen LogP contribution in [-0.4, -0.2) is 80.5 Å². The Morgan fingerprint density at radius 3 is 2.60 bits per heavy atom. The van der Waals surface area contributed by atoms with Crippen LogP contribution in [0.4, 0.5) is 4.79 Å². The van der Waals surface area contributed by atoms with Crippen molar-refractivity contribution in [2.45, 2.75) is 59.1 Å². The minimum absolute atomic E-state index is 0.00185. The molecule has 0 aliphatic carbocycles. The SMILES string of the molecule is COc1nc(C)c(-n2c(=O)[nH]c(=O)c3c(OC[C@H]4CN(C(=O)OC(C)(C)C)CCN4)cc(Cl)nc32)c(C(C)C)n1. The standard InChI is InChI=1S/C26H34ClN7O6/c1-13(2)19-20(14(3)29-23(31-19)38-7)34-21-18(22(35)32-24(34)36)16(10-17(27)30-21)39-12-15-11-33(9-8-28-15)25(37)40-26(4,5)6/h10,13,15,28H,8-9,11-12H2,1-7H3,(H,32,35,36)/t15-/m1/s1. The first-order chi connectivity index (χ1) is 18.8. The first kappa shape index (κ1) is 29.3. The van der Waals surface area contributed by atoms with Gasteiger partial charge in [0.25, 0.3) is 5.56 Å². The second-order valence-electron chi connectivity index (χ2n) is 10.8. The molecule has 0 saturated carbocycles. The van der Waals surface area contributed by atoms with Gasteiger partial charge >= 0.3 is 17.8 Å². The van der Waals surface area contributed by atoms with Gasteiger partial charge in [-0.3, -0.25) is 9.78 Å². The van der Waals surface area contributed by atoms with Crippen LogP contribution in [0.2, 0.25) is 5.15 Å². The van der Waals surface area contributed by atoms with E-state index in [1.54, 1.807) is 11.8 Å². The number of aromatic amines is 1. The number of hydrogen-bond acceptors (Lipinski definition) is 10. The predicted octanol–water partition coefficient (Wildman–Crippen LogP) is 2.55. The van der Waals surface area contributed by atoms with Crippen LogP contribution in [0.1, 0.15) is 51.9 Å². The number of hydrogen-bond donors (Lipinski definition) is 2. The number of nitrogens with zero attached hydrogens (tertiary/aromatic N) is 5. The van der Waals surface area contributed by atoms with Crippen LogP contribution < -0.4 is 26.0 Å². The molecule has 1 amide bonds. The maximum Gasteiger partial charge on any atom is 0.410 e. The second-order valence-corrected chi connectivity index (χ2v) is 11.2. The third kappa shape index (κ3) is 6.20. The number of methoxy groups -OCH3 is 1. The van der Waals surface area contributed by atoms with E-state index in [4.69, 9.17) is 25.8 Å². The van der Waals surface area contributed by atoms with E-state index in [0.717, 1.165) is 0 Å². The van der Waals surface area contributed by atoms with Crippen molar-refractivity contribution in [1.82, 2.24) is 34.7 Å². The Labute approximate surface area is 235 Å². The molecule has 3 aromatic rings. The molecular weight excluding hydrogens is 542 g/mol. The quantitative estimate of drug-likeness (QED) is 0.419. The van der Waals surface area contributed by atoms with Crippen LogP contribution >= 0.6 is 11.6 Å². The first-order valence-electron chi connectivity index (χ1n) is 12.9. The molecule has 14 heteroatoms. The van der Waals surface area contributed by atoms with Gasteiger partial charge < -0.3 is 24.4 Å². The molecule has 2 N–H and O–H groups in total. The number of halogens is 1. The Balaban J connectivity index is 1.73. The highest BCUT2D eigenvalue weighted by Gasteiger charge is 2.28. The minimum Gasteiger partial charge on any atom is -0.491 e. The van der Waals surface area contributed by atoms with Crippen molar-refractivity contribution in [2.75, 3.05) is 33.4 Å². The Bertz CT molecular complexity index is 1550. The van der Waals surface area contributed by atoms with Crippen molar-refractivity contribution < 1.29 is 19.0 Å². The average Bonchev–Trinajstić information content (AvgIpc) is 2.86. The second kappa shape index (κ2) is 11.4. The predicted molar refractivity (Wildman–Crippen MR) is 149 cm³/mol. The molecule has 0 bridgehead atoms. The Hall–Kier alpha value is -3.71. The van der Waals surface area contributed by atoms with E-state index in [9.17, 15) is 14.4 Å². The summed E-state index contributed by atoms with van der Waals surface area (Å²) in [6.07, 6.45) is -0.407. The fourth-order valence-corrected chi connectivity index (χ4v) is 4.62. The lowest BCUT2D eigenvalue weighted by molar-refractivity contribution is 0.0178. The van der Waals surface area contributed by atoms with Gasteiger partial charge in [0.05, 0.1) is 30.2 Å². The number of ether oxygens (including phenoxy) is 3. The third-order valence-corrected chi connectivity index (χ3v) is 6.35. The largest absolute Gasteiger partial charge is 0.491 e. The highest BCUT2D eigenvalue weighted by molar-refractivity contribution is 6.30. The van der Waals surface area contributed by atoms with Crippen LogP contribution in [0.3, 0.4) is 0 Å². The zero-order valence-corrected chi connectivity index (χ0v) is 24.4. The molecule has 1 aliphatic rings. The normalized spacial score (nSPS) is 15.9. The van der Waals surface area contributed by atoms with E-state index in [-0.39, 0.29) is 46.5 Å². The van der Waals surface area contributed by atoms with Crippen molar-refractivity contribution in [3.63, 3.8) is 0 Å². The molecule has 3 aromatic heterocycles. The number of amides is 1. The fourth-order valence-electron chi connectivity index (χ4n) is 4.44. The number of fused-ring (bicyclic) bond motifs is 1.